The first-order chi connectivity index (χ1) is 19.3. The number of aryl methyl sites for hydroxylation is 1. The third-order valence-electron chi connectivity index (χ3n) is 7.90. The van der Waals surface area contributed by atoms with Crippen molar-refractivity contribution in [3.63, 3.8) is 0 Å². The maximum atomic E-state index is 14.8. The average Bonchev–Trinajstić information content (AvgIpc) is 3.20. The van der Waals surface area contributed by atoms with Gasteiger partial charge in [0.05, 0.1) is 50.9 Å². The molecule has 0 aromatic heterocycles. The normalized spacial score (nSPS) is 21.5. The highest BCUT2D eigenvalue weighted by atomic mass is 16.5. The summed E-state index contributed by atoms with van der Waals surface area (Å²) in [5.74, 6) is 0.114. The van der Waals surface area contributed by atoms with E-state index in [0.717, 1.165) is 18.2 Å². The number of esters is 2. The number of nitriles is 2. The van der Waals surface area contributed by atoms with Gasteiger partial charge < -0.3 is 14.4 Å². The van der Waals surface area contributed by atoms with Crippen molar-refractivity contribution in [2.75, 3.05) is 25.7 Å². The van der Waals surface area contributed by atoms with E-state index in [4.69, 9.17) is 15.9 Å². The molecule has 0 fully saturated rings. The molecule has 2 atom stereocenters. The van der Waals surface area contributed by atoms with E-state index in [1.54, 1.807) is 54.4 Å². The van der Waals surface area contributed by atoms with Crippen LogP contribution in [0.25, 0.3) is 6.08 Å². The lowest BCUT2D eigenvalue weighted by Crippen LogP contribution is -2.63. The topological polar surface area (TPSA) is 124 Å². The number of fused-ring (bicyclic) bond motifs is 5. The zero-order valence-electron chi connectivity index (χ0n) is 22.1. The van der Waals surface area contributed by atoms with Gasteiger partial charge in [-0.15, -0.1) is 6.42 Å². The van der Waals surface area contributed by atoms with E-state index in [1.165, 1.54) is 12.0 Å². The summed E-state index contributed by atoms with van der Waals surface area (Å²) in [5, 5.41) is 22.1. The molecule has 9 nitrogen and oxygen atoms in total. The van der Waals surface area contributed by atoms with Crippen LogP contribution in [0.15, 0.2) is 59.9 Å². The second-order valence-corrected chi connectivity index (χ2v) is 9.72. The van der Waals surface area contributed by atoms with Crippen LogP contribution in [0.3, 0.4) is 0 Å². The fourth-order valence-electron chi connectivity index (χ4n) is 6.30. The van der Waals surface area contributed by atoms with Crippen LogP contribution in [0.2, 0.25) is 0 Å². The quantitative estimate of drug-likeness (QED) is 0.434. The summed E-state index contributed by atoms with van der Waals surface area (Å²) in [6.45, 7) is 1.63. The van der Waals surface area contributed by atoms with Crippen LogP contribution in [-0.4, -0.2) is 43.5 Å². The van der Waals surface area contributed by atoms with Crippen molar-refractivity contribution in [2.45, 2.75) is 24.8 Å². The molecule has 3 aliphatic heterocycles. The molecule has 0 radical (unpaired) electrons. The van der Waals surface area contributed by atoms with Crippen molar-refractivity contribution in [1.29, 1.82) is 10.5 Å². The number of amides is 1. The van der Waals surface area contributed by atoms with Gasteiger partial charge in [0.25, 0.3) is 0 Å². The van der Waals surface area contributed by atoms with Gasteiger partial charge in [-0.1, -0.05) is 47.9 Å². The van der Waals surface area contributed by atoms with Gasteiger partial charge in [0.1, 0.15) is 5.41 Å². The second-order valence-electron chi connectivity index (χ2n) is 9.72. The lowest BCUT2D eigenvalue weighted by Gasteiger charge is -2.53. The molecule has 2 aromatic rings. The maximum absolute atomic E-state index is 14.8. The molecule has 3 aliphatic rings. The number of nitrogens with zero attached hydrogens (tertiary/aromatic N) is 4. The van der Waals surface area contributed by atoms with Crippen LogP contribution in [0, 0.1) is 47.3 Å². The third-order valence-corrected chi connectivity index (χ3v) is 7.90. The Kier molecular flexibility index (Phi) is 6.21. The fourth-order valence-corrected chi connectivity index (χ4v) is 6.30. The van der Waals surface area contributed by atoms with Gasteiger partial charge in [0, 0.05) is 17.6 Å². The third kappa shape index (κ3) is 3.17. The number of terminal acetylenes is 1. The maximum Gasteiger partial charge on any atom is 0.337 e. The number of carbonyl (C=O) groups is 3. The number of hydrogen-bond donors (Lipinski definition) is 0. The SMILES string of the molecule is C#CCN1C(=O)[C@@]2(C(C(=O)OC)=C(CC(=O)OC)N3C=Cc4ccccc4[C@H]3C2(C#N)C#N)c2cc(C)ccc21. The molecule has 9 heteroatoms. The predicted octanol–water partition coefficient (Wildman–Crippen LogP) is 3.28. The largest absolute Gasteiger partial charge is 0.469 e. The van der Waals surface area contributed by atoms with Gasteiger partial charge in [-0.2, -0.15) is 10.5 Å². The van der Waals surface area contributed by atoms with Gasteiger partial charge in [-0.05, 0) is 35.8 Å². The van der Waals surface area contributed by atoms with Gasteiger partial charge in [-0.25, -0.2) is 4.79 Å². The molecule has 0 N–H and O–H groups in total. The first-order valence-electron chi connectivity index (χ1n) is 12.4. The van der Waals surface area contributed by atoms with Crippen molar-refractivity contribution in [2.24, 2.45) is 5.41 Å². The van der Waals surface area contributed by atoms with E-state index in [2.05, 4.69) is 18.1 Å². The van der Waals surface area contributed by atoms with Gasteiger partial charge in [0.15, 0.2) is 5.41 Å². The first kappa shape index (κ1) is 26.3. The highest BCUT2D eigenvalue weighted by Crippen LogP contribution is 2.66. The monoisotopic (exact) mass is 532 g/mol. The Labute approximate surface area is 231 Å². The fraction of sp³-hybridized carbons (Fsp3) is 0.258. The van der Waals surface area contributed by atoms with Crippen molar-refractivity contribution in [3.8, 4) is 24.5 Å². The standard InChI is InChI=1S/C31H24N4O5/c1-5-13-35-23-11-10-19(2)15-22(23)31(29(35)38)26(28(37)40-4)24(16-25(36)39-3)34-14-12-20-8-6-7-9-21(20)27(34)30(31,17-32)18-33/h1,6-12,14-15,27H,13,16H2,2-4H3/t27-,31-/m0/s1. The molecular weight excluding hydrogens is 508 g/mol. The Bertz CT molecular complexity index is 1650. The number of carbonyl (C=O) groups excluding carboxylic acids is 3. The van der Waals surface area contributed by atoms with Crippen molar-refractivity contribution < 1.29 is 23.9 Å². The lowest BCUT2D eigenvalue weighted by atomic mass is 9.50. The first-order valence-corrected chi connectivity index (χ1v) is 12.4. The summed E-state index contributed by atoms with van der Waals surface area (Å²) in [5.41, 5.74) is -1.91. The summed E-state index contributed by atoms with van der Waals surface area (Å²) < 4.78 is 10.2. The Morgan fingerprint density at radius 2 is 1.82 bits per heavy atom. The average molecular weight is 533 g/mol. The number of hydrogen-bond acceptors (Lipinski definition) is 8. The predicted molar refractivity (Wildman–Crippen MR) is 143 cm³/mol. The Morgan fingerprint density at radius 1 is 1.10 bits per heavy atom. The Morgan fingerprint density at radius 3 is 2.48 bits per heavy atom. The lowest BCUT2D eigenvalue weighted by molar-refractivity contribution is -0.142. The molecule has 2 aromatic carbocycles. The molecule has 1 spiro atoms. The number of rotatable bonds is 4. The van der Waals surface area contributed by atoms with Crippen LogP contribution in [0.4, 0.5) is 5.69 Å². The number of benzene rings is 2. The summed E-state index contributed by atoms with van der Waals surface area (Å²) in [4.78, 5) is 44.3. The van der Waals surface area contributed by atoms with E-state index in [0.29, 0.717) is 11.3 Å². The zero-order valence-corrected chi connectivity index (χ0v) is 22.1. The number of ether oxygens (including phenoxy) is 2. The smallest absolute Gasteiger partial charge is 0.337 e. The van der Waals surface area contributed by atoms with Crippen LogP contribution in [0.1, 0.15) is 34.7 Å². The van der Waals surface area contributed by atoms with Crippen molar-refractivity contribution >= 4 is 29.6 Å². The summed E-state index contributed by atoms with van der Waals surface area (Å²) in [6.07, 6.45) is 8.60. The Balaban J connectivity index is 2.05. The van der Waals surface area contributed by atoms with Crippen LogP contribution in [0.5, 0.6) is 0 Å². The van der Waals surface area contributed by atoms with E-state index in [9.17, 15) is 24.9 Å². The van der Waals surface area contributed by atoms with Gasteiger partial charge >= 0.3 is 11.9 Å². The van der Waals surface area contributed by atoms with Crippen molar-refractivity contribution in [3.05, 3.63) is 82.2 Å². The van der Waals surface area contributed by atoms with E-state index in [-0.39, 0.29) is 23.4 Å². The minimum atomic E-state index is -2.21. The molecule has 1 amide bonds. The highest BCUT2D eigenvalue weighted by Gasteiger charge is 2.75. The molecule has 5 rings (SSSR count). The van der Waals surface area contributed by atoms with Gasteiger partial charge in [0.2, 0.25) is 5.91 Å². The van der Waals surface area contributed by atoms with Crippen LogP contribution < -0.4 is 4.90 Å². The molecule has 0 unspecified atom stereocenters. The Hall–Kier alpha value is -5.33. The molecule has 0 saturated carbocycles. The van der Waals surface area contributed by atoms with Crippen LogP contribution >= 0.6 is 0 Å². The number of anilines is 1. The molecule has 198 valence electrons. The number of methoxy groups -OCH3 is 2. The molecule has 0 saturated heterocycles. The van der Waals surface area contributed by atoms with E-state index < -0.39 is 41.1 Å². The summed E-state index contributed by atoms with van der Waals surface area (Å²) >= 11 is 0. The molecule has 0 aliphatic carbocycles. The second kappa shape index (κ2) is 9.45. The minimum Gasteiger partial charge on any atom is -0.469 e. The molecular formula is C31H24N4O5. The molecule has 3 heterocycles. The summed E-state index contributed by atoms with van der Waals surface area (Å²) in [6, 6.07) is 15.6. The van der Waals surface area contributed by atoms with E-state index in [1.807, 2.05) is 12.1 Å². The summed E-state index contributed by atoms with van der Waals surface area (Å²) in [7, 11) is 2.35. The molecule has 0 bridgehead atoms. The minimum absolute atomic E-state index is 0.0962. The van der Waals surface area contributed by atoms with Crippen molar-refractivity contribution in [1.82, 2.24) is 4.90 Å². The zero-order chi connectivity index (χ0) is 28.8. The highest BCUT2D eigenvalue weighted by molar-refractivity contribution is 6.18. The van der Waals surface area contributed by atoms with Gasteiger partial charge in [-0.3, -0.25) is 14.5 Å². The molecule has 40 heavy (non-hydrogen) atoms. The van der Waals surface area contributed by atoms with Crippen LogP contribution in [-0.2, 0) is 29.3 Å². The van der Waals surface area contributed by atoms with E-state index >= 15 is 0 Å².